The molecule has 0 unspecified atom stereocenters. The predicted octanol–water partition coefficient (Wildman–Crippen LogP) is 2.86. The number of nitrogens with zero attached hydrogens (tertiary/aromatic N) is 5. The average molecular weight is 325 g/mol. The van der Waals surface area contributed by atoms with E-state index in [1.54, 1.807) is 17.1 Å². The number of aromatic nitrogens is 4. The van der Waals surface area contributed by atoms with Gasteiger partial charge in [0.15, 0.2) is 5.82 Å². The van der Waals surface area contributed by atoms with Crippen LogP contribution in [-0.4, -0.2) is 32.3 Å². The third-order valence-corrected chi connectivity index (χ3v) is 3.58. The van der Waals surface area contributed by atoms with Crippen molar-refractivity contribution < 1.29 is 4.74 Å². The molecule has 0 N–H and O–H groups in total. The van der Waals surface area contributed by atoms with Crippen molar-refractivity contribution in [1.29, 1.82) is 0 Å². The first-order valence-electron chi connectivity index (χ1n) is 6.98. The number of hydrogen-bond acceptors (Lipinski definition) is 6. The zero-order valence-corrected chi connectivity index (χ0v) is 13.3. The molecule has 0 saturated heterocycles. The summed E-state index contributed by atoms with van der Waals surface area (Å²) in [5.74, 6) is 1.41. The molecular formula is C16H15N5OS. The molecule has 2 heterocycles. The Morgan fingerprint density at radius 1 is 1.13 bits per heavy atom. The Morgan fingerprint density at radius 3 is 2.70 bits per heavy atom. The zero-order valence-electron chi connectivity index (χ0n) is 12.5. The summed E-state index contributed by atoms with van der Waals surface area (Å²) in [6.45, 7) is 0.289. The second-order valence-corrected chi connectivity index (χ2v) is 5.29. The van der Waals surface area contributed by atoms with Crippen LogP contribution in [0.15, 0.2) is 65.0 Å². The smallest absolute Gasteiger partial charge is 0.211 e. The molecule has 0 bridgehead atoms. The van der Waals surface area contributed by atoms with Crippen LogP contribution < -0.4 is 4.74 Å². The average Bonchev–Trinajstić information content (AvgIpc) is 3.02. The van der Waals surface area contributed by atoms with Crippen LogP contribution in [0.25, 0.3) is 0 Å². The van der Waals surface area contributed by atoms with Crippen LogP contribution >= 0.6 is 11.8 Å². The highest BCUT2D eigenvalue weighted by molar-refractivity contribution is 7.98. The van der Waals surface area contributed by atoms with E-state index < -0.39 is 0 Å². The molecule has 0 aliphatic carbocycles. The standard InChI is InChI=1S/C16H15N5OS/c1-23-16-20-19-15(12-22-14-8-3-2-4-9-14)21(16)18-11-13-7-5-6-10-17-13/h2-11H,12H2,1H3/b18-11-. The Hall–Kier alpha value is -2.67. The molecule has 0 amide bonds. The Labute approximate surface area is 138 Å². The maximum atomic E-state index is 5.72. The number of ether oxygens (including phenoxy) is 1. The van der Waals surface area contributed by atoms with Crippen LogP contribution in [0.3, 0.4) is 0 Å². The molecule has 23 heavy (non-hydrogen) atoms. The van der Waals surface area contributed by atoms with Gasteiger partial charge in [-0.15, -0.1) is 10.2 Å². The summed E-state index contributed by atoms with van der Waals surface area (Å²) in [6, 6.07) is 15.2. The van der Waals surface area contributed by atoms with Crippen molar-refractivity contribution in [3.63, 3.8) is 0 Å². The molecule has 0 spiro atoms. The van der Waals surface area contributed by atoms with Crippen molar-refractivity contribution in [3.05, 3.63) is 66.2 Å². The monoisotopic (exact) mass is 325 g/mol. The molecule has 1 aromatic carbocycles. The van der Waals surface area contributed by atoms with Crippen LogP contribution in [0.5, 0.6) is 5.75 Å². The van der Waals surface area contributed by atoms with Gasteiger partial charge in [-0.25, -0.2) is 0 Å². The lowest BCUT2D eigenvalue weighted by Crippen LogP contribution is -2.05. The third-order valence-electron chi connectivity index (χ3n) is 2.96. The molecule has 0 radical (unpaired) electrons. The van der Waals surface area contributed by atoms with Gasteiger partial charge in [-0.3, -0.25) is 4.98 Å². The van der Waals surface area contributed by atoms with Gasteiger partial charge >= 0.3 is 0 Å². The molecule has 2 aromatic heterocycles. The van der Waals surface area contributed by atoms with E-state index in [1.165, 1.54) is 11.8 Å². The van der Waals surface area contributed by atoms with Crippen molar-refractivity contribution in [3.8, 4) is 5.75 Å². The minimum atomic E-state index is 0.289. The van der Waals surface area contributed by atoms with Crippen LogP contribution in [0.4, 0.5) is 0 Å². The molecule has 0 aliphatic rings. The fourth-order valence-corrected chi connectivity index (χ4v) is 2.31. The lowest BCUT2D eigenvalue weighted by Gasteiger charge is -2.05. The summed E-state index contributed by atoms with van der Waals surface area (Å²) < 4.78 is 7.39. The molecule has 0 atom stereocenters. The summed E-state index contributed by atoms with van der Waals surface area (Å²) in [6.07, 6.45) is 5.33. The van der Waals surface area contributed by atoms with Crippen LogP contribution in [0.1, 0.15) is 11.5 Å². The molecule has 0 fully saturated rings. The lowest BCUT2D eigenvalue weighted by molar-refractivity contribution is 0.290. The first-order chi connectivity index (χ1) is 11.4. The minimum absolute atomic E-state index is 0.289. The van der Waals surface area contributed by atoms with Crippen molar-refractivity contribution >= 4 is 18.0 Å². The number of rotatable bonds is 6. The van der Waals surface area contributed by atoms with Gasteiger partial charge in [0.25, 0.3) is 0 Å². The lowest BCUT2D eigenvalue weighted by atomic mass is 10.3. The number of pyridine rings is 1. The Balaban J connectivity index is 1.78. The van der Waals surface area contributed by atoms with E-state index in [1.807, 2.05) is 54.8 Å². The first kappa shape index (κ1) is 15.2. The van der Waals surface area contributed by atoms with E-state index >= 15 is 0 Å². The van der Waals surface area contributed by atoms with Crippen molar-refractivity contribution in [2.24, 2.45) is 5.10 Å². The van der Waals surface area contributed by atoms with Crippen LogP contribution in [0.2, 0.25) is 0 Å². The normalized spacial score (nSPS) is 11.0. The maximum Gasteiger partial charge on any atom is 0.211 e. The van der Waals surface area contributed by atoms with Gasteiger partial charge in [0.2, 0.25) is 5.16 Å². The molecule has 0 saturated carbocycles. The van der Waals surface area contributed by atoms with Gasteiger partial charge in [-0.1, -0.05) is 36.0 Å². The summed E-state index contributed by atoms with van der Waals surface area (Å²) >= 11 is 1.47. The van der Waals surface area contributed by atoms with Gasteiger partial charge in [0.1, 0.15) is 12.4 Å². The Bertz CT molecular complexity index is 774. The summed E-state index contributed by atoms with van der Waals surface area (Å²) in [5.41, 5.74) is 0.767. The first-order valence-corrected chi connectivity index (χ1v) is 8.21. The minimum Gasteiger partial charge on any atom is -0.486 e. The Morgan fingerprint density at radius 2 is 1.96 bits per heavy atom. The van der Waals surface area contributed by atoms with E-state index in [-0.39, 0.29) is 6.61 Å². The second kappa shape index (κ2) is 7.55. The quantitative estimate of drug-likeness (QED) is 0.515. The van der Waals surface area contributed by atoms with Crippen molar-refractivity contribution in [1.82, 2.24) is 19.9 Å². The molecule has 3 aromatic rings. The fourth-order valence-electron chi connectivity index (χ4n) is 1.86. The van der Waals surface area contributed by atoms with Crippen molar-refractivity contribution in [2.45, 2.75) is 11.8 Å². The highest BCUT2D eigenvalue weighted by Gasteiger charge is 2.11. The van der Waals surface area contributed by atoms with Crippen LogP contribution in [-0.2, 0) is 6.61 Å². The highest BCUT2D eigenvalue weighted by atomic mass is 32.2. The predicted molar refractivity (Wildman–Crippen MR) is 89.8 cm³/mol. The SMILES string of the molecule is CSc1nnc(COc2ccccc2)n1/N=C\c1ccccn1. The van der Waals surface area contributed by atoms with Gasteiger partial charge < -0.3 is 4.74 Å². The van der Waals surface area contributed by atoms with Gasteiger partial charge in [0, 0.05) is 6.20 Å². The van der Waals surface area contributed by atoms with Gasteiger partial charge in [-0.2, -0.15) is 9.78 Å². The summed E-state index contributed by atoms with van der Waals surface area (Å²) in [7, 11) is 0. The molecule has 7 heteroatoms. The fraction of sp³-hybridized carbons (Fsp3) is 0.125. The van der Waals surface area contributed by atoms with E-state index in [2.05, 4.69) is 20.3 Å². The summed E-state index contributed by atoms with van der Waals surface area (Å²) in [4.78, 5) is 4.22. The summed E-state index contributed by atoms with van der Waals surface area (Å²) in [5, 5.41) is 13.4. The number of para-hydroxylation sites is 1. The highest BCUT2D eigenvalue weighted by Crippen LogP contribution is 2.16. The largest absolute Gasteiger partial charge is 0.486 e. The van der Waals surface area contributed by atoms with E-state index in [0.29, 0.717) is 11.0 Å². The molecular weight excluding hydrogens is 310 g/mol. The topological polar surface area (TPSA) is 65.2 Å². The third kappa shape index (κ3) is 3.95. The zero-order chi connectivity index (χ0) is 15.9. The molecule has 0 aliphatic heterocycles. The number of benzene rings is 1. The maximum absolute atomic E-state index is 5.72. The number of hydrogen-bond donors (Lipinski definition) is 0. The van der Waals surface area contributed by atoms with Gasteiger partial charge in [0.05, 0.1) is 11.9 Å². The van der Waals surface area contributed by atoms with E-state index in [9.17, 15) is 0 Å². The number of thioether (sulfide) groups is 1. The van der Waals surface area contributed by atoms with Gasteiger partial charge in [-0.05, 0) is 30.5 Å². The van der Waals surface area contributed by atoms with Crippen LogP contribution in [0, 0.1) is 0 Å². The molecule has 116 valence electrons. The molecule has 3 rings (SSSR count). The second-order valence-electron chi connectivity index (χ2n) is 4.52. The van der Waals surface area contributed by atoms with E-state index in [0.717, 1.165) is 11.4 Å². The Kier molecular flexibility index (Phi) is 5.00. The van der Waals surface area contributed by atoms with E-state index in [4.69, 9.17) is 4.74 Å². The molecule has 6 nitrogen and oxygen atoms in total. The van der Waals surface area contributed by atoms with Crippen molar-refractivity contribution in [2.75, 3.05) is 6.26 Å².